The molecule has 10 heavy (non-hydrogen) atoms. The summed E-state index contributed by atoms with van der Waals surface area (Å²) in [6, 6.07) is 0. The van der Waals surface area contributed by atoms with Crippen molar-refractivity contribution in [2.45, 2.75) is 12.7 Å². The first kappa shape index (κ1) is 9.65. The van der Waals surface area contributed by atoms with Gasteiger partial charge in [-0.2, -0.15) is 0 Å². The number of nitrogens with two attached hydrogens (primary N) is 1. The molecule has 3 N–H and O–H groups in total. The van der Waals surface area contributed by atoms with Crippen LogP contribution in [0, 0.1) is 0 Å². The van der Waals surface area contributed by atoms with E-state index in [4.69, 9.17) is 11.6 Å². The summed E-state index contributed by atoms with van der Waals surface area (Å²) in [6.45, 7) is 0.375. The van der Waals surface area contributed by atoms with E-state index in [9.17, 15) is 9.18 Å². The molecule has 1 atom stereocenters. The molecule has 0 aromatic carbocycles. The van der Waals surface area contributed by atoms with Gasteiger partial charge in [0, 0.05) is 12.4 Å². The van der Waals surface area contributed by atoms with Gasteiger partial charge in [0.05, 0.1) is 0 Å². The van der Waals surface area contributed by atoms with Gasteiger partial charge in [-0.1, -0.05) is 0 Å². The van der Waals surface area contributed by atoms with Crippen molar-refractivity contribution in [2.24, 2.45) is 5.73 Å². The number of carbonyl (C=O) groups is 1. The van der Waals surface area contributed by atoms with Crippen LogP contribution in [0.2, 0.25) is 0 Å². The molecule has 0 saturated carbocycles. The lowest BCUT2D eigenvalue weighted by molar-refractivity contribution is -0.125. The standard InChI is InChI=1S/C5H10ClFN2O/c6-2-1-3-9-5(10)4(7)8/h4H,1-3,8H2,(H,9,10). The summed E-state index contributed by atoms with van der Waals surface area (Å²) in [4.78, 5) is 10.4. The van der Waals surface area contributed by atoms with E-state index < -0.39 is 12.2 Å². The Morgan fingerprint density at radius 3 is 2.80 bits per heavy atom. The molecule has 60 valence electrons. The summed E-state index contributed by atoms with van der Waals surface area (Å²) < 4.78 is 11.9. The Hall–Kier alpha value is -0.350. The van der Waals surface area contributed by atoms with E-state index in [0.29, 0.717) is 18.8 Å². The number of hydrogen-bond acceptors (Lipinski definition) is 2. The Bertz CT molecular complexity index is 110. The van der Waals surface area contributed by atoms with Gasteiger partial charge in [-0.25, -0.2) is 4.39 Å². The maximum absolute atomic E-state index is 11.9. The lowest BCUT2D eigenvalue weighted by Gasteiger charge is -2.02. The van der Waals surface area contributed by atoms with Crippen LogP contribution in [0.5, 0.6) is 0 Å². The molecule has 0 aromatic heterocycles. The monoisotopic (exact) mass is 168 g/mol. The van der Waals surface area contributed by atoms with Gasteiger partial charge in [0.2, 0.25) is 6.30 Å². The van der Waals surface area contributed by atoms with Crippen LogP contribution in [0.15, 0.2) is 0 Å². The number of hydrogen-bond donors (Lipinski definition) is 2. The molecule has 0 spiro atoms. The molecule has 5 heteroatoms. The van der Waals surface area contributed by atoms with Gasteiger partial charge < -0.3 is 5.32 Å². The molecule has 0 rings (SSSR count). The molecule has 3 nitrogen and oxygen atoms in total. The number of rotatable bonds is 4. The Morgan fingerprint density at radius 2 is 2.40 bits per heavy atom. The van der Waals surface area contributed by atoms with Crippen LogP contribution in [0.25, 0.3) is 0 Å². The normalized spacial score (nSPS) is 12.7. The number of alkyl halides is 2. The topological polar surface area (TPSA) is 55.1 Å². The van der Waals surface area contributed by atoms with E-state index in [2.05, 4.69) is 11.1 Å². The minimum Gasteiger partial charge on any atom is -0.352 e. The van der Waals surface area contributed by atoms with Crippen molar-refractivity contribution >= 4 is 17.5 Å². The number of amides is 1. The van der Waals surface area contributed by atoms with Crippen LogP contribution in [-0.2, 0) is 4.79 Å². The number of nitrogens with one attached hydrogen (secondary N) is 1. The second-order valence-corrected chi connectivity index (χ2v) is 2.11. The van der Waals surface area contributed by atoms with Gasteiger partial charge in [0.1, 0.15) is 0 Å². The molecule has 0 aliphatic rings. The predicted molar refractivity (Wildman–Crippen MR) is 37.4 cm³/mol. The smallest absolute Gasteiger partial charge is 0.269 e. The molecule has 0 heterocycles. The van der Waals surface area contributed by atoms with Crippen LogP contribution in [0.3, 0.4) is 0 Å². The maximum atomic E-state index is 11.9. The predicted octanol–water partition coefficient (Wildman–Crippen LogP) is -0.0142. The van der Waals surface area contributed by atoms with Crippen molar-refractivity contribution < 1.29 is 9.18 Å². The summed E-state index contributed by atoms with van der Waals surface area (Å²) in [5.41, 5.74) is 4.61. The third-order valence-corrected chi connectivity index (χ3v) is 1.13. The van der Waals surface area contributed by atoms with Crippen LogP contribution in [0.1, 0.15) is 6.42 Å². The fourth-order valence-electron chi connectivity index (χ4n) is 0.376. The van der Waals surface area contributed by atoms with Gasteiger partial charge in [0.25, 0.3) is 5.91 Å². The molecule has 0 radical (unpaired) electrons. The molecular weight excluding hydrogens is 159 g/mol. The lowest BCUT2D eigenvalue weighted by Crippen LogP contribution is -2.37. The molecular formula is C5H10ClFN2O. The average Bonchev–Trinajstić information content (AvgIpc) is 1.88. The third-order valence-electron chi connectivity index (χ3n) is 0.860. The first-order valence-electron chi connectivity index (χ1n) is 2.92. The quantitative estimate of drug-likeness (QED) is 0.352. The van der Waals surface area contributed by atoms with E-state index in [1.807, 2.05) is 0 Å². The SMILES string of the molecule is NC(F)C(=O)NCCCCl. The fraction of sp³-hybridized carbons (Fsp3) is 0.800. The summed E-state index contributed by atoms with van der Waals surface area (Å²) in [7, 11) is 0. The molecule has 0 fully saturated rings. The fourth-order valence-corrected chi connectivity index (χ4v) is 0.510. The molecule has 1 amide bonds. The summed E-state index contributed by atoms with van der Waals surface area (Å²) >= 11 is 5.29. The van der Waals surface area contributed by atoms with Crippen molar-refractivity contribution in [1.29, 1.82) is 0 Å². The van der Waals surface area contributed by atoms with Crippen LogP contribution in [0.4, 0.5) is 4.39 Å². The zero-order chi connectivity index (χ0) is 7.98. The second-order valence-electron chi connectivity index (χ2n) is 1.74. The van der Waals surface area contributed by atoms with Crippen LogP contribution in [-0.4, -0.2) is 24.6 Å². The van der Waals surface area contributed by atoms with Gasteiger partial charge in [0.15, 0.2) is 0 Å². The van der Waals surface area contributed by atoms with Crippen molar-refractivity contribution in [3.63, 3.8) is 0 Å². The first-order chi connectivity index (χ1) is 4.68. The average molecular weight is 169 g/mol. The lowest BCUT2D eigenvalue weighted by atomic mass is 10.4. The highest BCUT2D eigenvalue weighted by Gasteiger charge is 2.08. The molecule has 0 aliphatic heterocycles. The first-order valence-corrected chi connectivity index (χ1v) is 3.45. The van der Waals surface area contributed by atoms with E-state index in [-0.39, 0.29) is 0 Å². The second kappa shape index (κ2) is 5.44. The maximum Gasteiger partial charge on any atom is 0.269 e. The minimum atomic E-state index is -1.92. The highest BCUT2D eigenvalue weighted by atomic mass is 35.5. The van der Waals surface area contributed by atoms with Gasteiger partial charge >= 0.3 is 0 Å². The largest absolute Gasteiger partial charge is 0.352 e. The van der Waals surface area contributed by atoms with Crippen LogP contribution >= 0.6 is 11.6 Å². The zero-order valence-electron chi connectivity index (χ0n) is 5.44. The van der Waals surface area contributed by atoms with E-state index >= 15 is 0 Å². The summed E-state index contributed by atoms with van der Waals surface area (Å²) in [6.07, 6.45) is -1.30. The minimum absolute atomic E-state index is 0.375. The zero-order valence-corrected chi connectivity index (χ0v) is 6.20. The molecule has 0 aromatic rings. The molecule has 0 saturated heterocycles. The molecule has 1 unspecified atom stereocenters. The van der Waals surface area contributed by atoms with Gasteiger partial charge in [-0.05, 0) is 6.42 Å². The van der Waals surface area contributed by atoms with E-state index in [1.165, 1.54) is 0 Å². The van der Waals surface area contributed by atoms with Gasteiger partial charge in [-0.15, -0.1) is 11.6 Å². The Kier molecular flexibility index (Phi) is 5.25. The van der Waals surface area contributed by atoms with Crippen molar-refractivity contribution in [2.75, 3.05) is 12.4 Å². The van der Waals surface area contributed by atoms with Crippen molar-refractivity contribution in [3.05, 3.63) is 0 Å². The van der Waals surface area contributed by atoms with Crippen molar-refractivity contribution in [3.8, 4) is 0 Å². The van der Waals surface area contributed by atoms with Gasteiger partial charge in [-0.3, -0.25) is 10.5 Å². The number of carbonyl (C=O) groups excluding carboxylic acids is 1. The molecule has 0 bridgehead atoms. The highest BCUT2D eigenvalue weighted by molar-refractivity contribution is 6.17. The highest BCUT2D eigenvalue weighted by Crippen LogP contribution is 1.83. The van der Waals surface area contributed by atoms with E-state index in [1.54, 1.807) is 0 Å². The van der Waals surface area contributed by atoms with Crippen LogP contribution < -0.4 is 11.1 Å². The van der Waals surface area contributed by atoms with E-state index in [0.717, 1.165) is 0 Å². The summed E-state index contributed by atoms with van der Waals surface area (Å²) in [5.74, 6) is -0.341. The molecule has 0 aliphatic carbocycles. The Labute approximate surface area is 63.7 Å². The number of halogens is 2. The Morgan fingerprint density at radius 1 is 1.80 bits per heavy atom. The summed E-state index contributed by atoms with van der Waals surface area (Å²) in [5, 5.41) is 2.26. The third kappa shape index (κ3) is 4.52. The van der Waals surface area contributed by atoms with Crippen molar-refractivity contribution in [1.82, 2.24) is 5.32 Å². The Balaban J connectivity index is 3.22.